The Balaban J connectivity index is 1.78. The van der Waals surface area contributed by atoms with E-state index in [9.17, 15) is 18.3 Å². The molecular weight excluding hydrogens is 412 g/mol. The number of hydrogen-bond acceptors (Lipinski definition) is 3. The van der Waals surface area contributed by atoms with E-state index < -0.39 is 16.0 Å². The lowest BCUT2D eigenvalue weighted by atomic mass is 10.1. The second-order valence-corrected chi connectivity index (χ2v) is 9.12. The number of rotatable bonds is 5. The molecule has 7 heteroatoms. The summed E-state index contributed by atoms with van der Waals surface area (Å²) in [5.74, 6) is -1.06. The van der Waals surface area contributed by atoms with Crippen LogP contribution in [0.4, 0.5) is 0 Å². The zero-order valence-electron chi connectivity index (χ0n) is 16.3. The SMILES string of the molecule is O=C(O)c1ccc2c(c1)c1cn(Cc3ccccc3)cc1n2S(=O)(=O)c1ccccc1. The first-order chi connectivity index (χ1) is 14.9. The summed E-state index contributed by atoms with van der Waals surface area (Å²) in [7, 11) is -3.89. The normalized spacial score (nSPS) is 11.9. The predicted octanol–water partition coefficient (Wildman–Crippen LogP) is 4.58. The van der Waals surface area contributed by atoms with Crippen molar-refractivity contribution in [3.63, 3.8) is 0 Å². The first kappa shape index (κ1) is 19.1. The van der Waals surface area contributed by atoms with Crippen molar-refractivity contribution in [1.82, 2.24) is 8.54 Å². The van der Waals surface area contributed by atoms with E-state index >= 15 is 0 Å². The number of aromatic nitrogens is 2. The molecular formula is C24H18N2O4S. The smallest absolute Gasteiger partial charge is 0.335 e. The summed E-state index contributed by atoms with van der Waals surface area (Å²) in [6, 6.07) is 22.6. The van der Waals surface area contributed by atoms with E-state index in [0.717, 1.165) is 5.56 Å². The molecule has 5 aromatic rings. The quantitative estimate of drug-likeness (QED) is 0.443. The van der Waals surface area contributed by atoms with E-state index in [0.29, 0.717) is 28.4 Å². The zero-order valence-corrected chi connectivity index (χ0v) is 17.2. The Bertz CT molecular complexity index is 1530. The highest BCUT2D eigenvalue weighted by Gasteiger charge is 2.25. The van der Waals surface area contributed by atoms with Crippen LogP contribution in [-0.4, -0.2) is 28.0 Å². The number of nitrogens with zero attached hydrogens (tertiary/aromatic N) is 2. The highest BCUT2D eigenvalue weighted by molar-refractivity contribution is 7.90. The van der Waals surface area contributed by atoms with Gasteiger partial charge in [-0.15, -0.1) is 0 Å². The molecule has 2 aromatic heterocycles. The average molecular weight is 430 g/mol. The molecule has 5 rings (SSSR count). The molecule has 0 unspecified atom stereocenters. The maximum atomic E-state index is 13.5. The molecule has 1 N–H and O–H groups in total. The standard InChI is InChI=1S/C24H18N2O4S/c27-24(28)18-11-12-22-20(13-18)21-15-25(14-17-7-3-1-4-8-17)16-23(21)26(22)31(29,30)19-9-5-2-6-10-19/h1-13,15-16H,14H2,(H,27,28). The first-order valence-electron chi connectivity index (χ1n) is 9.67. The third-order valence-corrected chi connectivity index (χ3v) is 7.06. The third kappa shape index (κ3) is 3.19. The van der Waals surface area contributed by atoms with Crippen molar-refractivity contribution in [1.29, 1.82) is 0 Å². The number of carboxylic acids is 1. The van der Waals surface area contributed by atoms with Gasteiger partial charge in [-0.25, -0.2) is 17.2 Å². The lowest BCUT2D eigenvalue weighted by molar-refractivity contribution is 0.0697. The summed E-state index contributed by atoms with van der Waals surface area (Å²) in [5.41, 5.74) is 2.15. The van der Waals surface area contributed by atoms with E-state index in [1.807, 2.05) is 41.1 Å². The van der Waals surface area contributed by atoms with Crippen molar-refractivity contribution in [2.75, 3.05) is 0 Å². The van der Waals surface area contributed by atoms with Gasteiger partial charge < -0.3 is 9.67 Å². The molecule has 0 fully saturated rings. The third-order valence-electron chi connectivity index (χ3n) is 5.32. The molecule has 0 bridgehead atoms. The van der Waals surface area contributed by atoms with Gasteiger partial charge in [-0.05, 0) is 35.9 Å². The Kier molecular flexibility index (Phi) is 4.41. The molecule has 6 nitrogen and oxygen atoms in total. The summed E-state index contributed by atoms with van der Waals surface area (Å²) >= 11 is 0. The fraction of sp³-hybridized carbons (Fsp3) is 0.0417. The predicted molar refractivity (Wildman–Crippen MR) is 119 cm³/mol. The van der Waals surface area contributed by atoms with Crippen molar-refractivity contribution >= 4 is 37.8 Å². The van der Waals surface area contributed by atoms with Gasteiger partial charge in [0, 0.05) is 29.7 Å². The minimum Gasteiger partial charge on any atom is -0.478 e. The van der Waals surface area contributed by atoms with Crippen molar-refractivity contribution < 1.29 is 18.3 Å². The number of aromatic carboxylic acids is 1. The van der Waals surface area contributed by atoms with Crippen LogP contribution in [0.1, 0.15) is 15.9 Å². The van der Waals surface area contributed by atoms with Gasteiger partial charge in [0.15, 0.2) is 0 Å². The number of carboxylic acid groups (broad SMARTS) is 1. The number of hydrogen-bond donors (Lipinski definition) is 1. The Morgan fingerprint density at radius 2 is 1.48 bits per heavy atom. The van der Waals surface area contributed by atoms with Gasteiger partial charge in [-0.3, -0.25) is 0 Å². The monoisotopic (exact) mass is 430 g/mol. The van der Waals surface area contributed by atoms with Crippen LogP contribution in [0.2, 0.25) is 0 Å². The van der Waals surface area contributed by atoms with Crippen molar-refractivity contribution in [3.8, 4) is 0 Å². The molecule has 0 aliphatic heterocycles. The zero-order chi connectivity index (χ0) is 21.6. The minimum atomic E-state index is -3.89. The van der Waals surface area contributed by atoms with Gasteiger partial charge >= 0.3 is 5.97 Å². The highest BCUT2D eigenvalue weighted by Crippen LogP contribution is 2.34. The van der Waals surface area contributed by atoms with Crippen molar-refractivity contribution in [2.45, 2.75) is 11.4 Å². The van der Waals surface area contributed by atoms with E-state index in [-0.39, 0.29) is 10.5 Å². The second kappa shape index (κ2) is 7.14. The molecule has 0 spiro atoms. The fourth-order valence-corrected chi connectivity index (χ4v) is 5.43. The Morgan fingerprint density at radius 1 is 0.806 bits per heavy atom. The van der Waals surface area contributed by atoms with Crippen LogP contribution in [0.3, 0.4) is 0 Å². The lowest BCUT2D eigenvalue weighted by Gasteiger charge is -2.09. The fourth-order valence-electron chi connectivity index (χ4n) is 3.90. The summed E-state index contributed by atoms with van der Waals surface area (Å²) in [5, 5.41) is 10.7. The van der Waals surface area contributed by atoms with Crippen LogP contribution in [-0.2, 0) is 16.6 Å². The van der Waals surface area contributed by atoms with Crippen molar-refractivity contribution in [2.24, 2.45) is 0 Å². The Hall–Kier alpha value is -3.84. The molecule has 0 saturated carbocycles. The molecule has 0 aliphatic rings. The summed E-state index contributed by atoms with van der Waals surface area (Å²) in [6.45, 7) is 0.570. The summed E-state index contributed by atoms with van der Waals surface area (Å²) in [6.07, 6.45) is 3.66. The molecule has 31 heavy (non-hydrogen) atoms. The Morgan fingerprint density at radius 3 is 2.16 bits per heavy atom. The molecule has 0 radical (unpaired) electrons. The van der Waals surface area contributed by atoms with E-state index in [1.165, 1.54) is 16.1 Å². The molecule has 3 aromatic carbocycles. The largest absolute Gasteiger partial charge is 0.478 e. The van der Waals surface area contributed by atoms with Gasteiger partial charge in [0.1, 0.15) is 0 Å². The number of fused-ring (bicyclic) bond motifs is 3. The highest BCUT2D eigenvalue weighted by atomic mass is 32.2. The maximum absolute atomic E-state index is 13.5. The van der Waals surface area contributed by atoms with Gasteiger partial charge in [-0.2, -0.15) is 0 Å². The maximum Gasteiger partial charge on any atom is 0.335 e. The van der Waals surface area contributed by atoms with Crippen LogP contribution in [0.5, 0.6) is 0 Å². The van der Waals surface area contributed by atoms with Crippen LogP contribution in [0.15, 0.2) is 96.2 Å². The van der Waals surface area contributed by atoms with Crippen LogP contribution in [0, 0.1) is 0 Å². The van der Waals surface area contributed by atoms with Gasteiger partial charge in [0.2, 0.25) is 0 Å². The molecule has 154 valence electrons. The first-order valence-corrected chi connectivity index (χ1v) is 11.1. The summed E-state index contributed by atoms with van der Waals surface area (Å²) < 4.78 is 30.3. The van der Waals surface area contributed by atoms with E-state index in [4.69, 9.17) is 0 Å². The van der Waals surface area contributed by atoms with Crippen molar-refractivity contribution in [3.05, 3.63) is 102 Å². The Labute approximate surface area is 178 Å². The number of benzene rings is 3. The minimum absolute atomic E-state index is 0.111. The van der Waals surface area contributed by atoms with Crippen LogP contribution >= 0.6 is 0 Å². The van der Waals surface area contributed by atoms with E-state index in [1.54, 1.807) is 42.6 Å². The van der Waals surface area contributed by atoms with E-state index in [2.05, 4.69) is 0 Å². The molecule has 0 atom stereocenters. The van der Waals surface area contributed by atoms with Gasteiger partial charge in [-0.1, -0.05) is 48.5 Å². The molecule has 0 amide bonds. The molecule has 0 aliphatic carbocycles. The summed E-state index contributed by atoms with van der Waals surface area (Å²) in [4.78, 5) is 11.7. The topological polar surface area (TPSA) is 81.3 Å². The molecule has 0 saturated heterocycles. The number of carbonyl (C=O) groups is 1. The second-order valence-electron chi connectivity index (χ2n) is 7.33. The van der Waals surface area contributed by atoms with Gasteiger partial charge in [0.25, 0.3) is 10.0 Å². The molecule has 2 heterocycles. The lowest BCUT2D eigenvalue weighted by Crippen LogP contribution is -2.12. The van der Waals surface area contributed by atoms with Gasteiger partial charge in [0.05, 0.1) is 21.5 Å². The van der Waals surface area contributed by atoms with Crippen LogP contribution < -0.4 is 0 Å². The van der Waals surface area contributed by atoms with Crippen LogP contribution in [0.25, 0.3) is 21.8 Å². The average Bonchev–Trinajstić information content (AvgIpc) is 3.30.